The molecule has 0 spiro atoms. The highest BCUT2D eigenvalue weighted by atomic mass is 19.4. The first-order valence-electron chi connectivity index (χ1n) is 14.9. The Hall–Kier alpha value is -4.42. The second kappa shape index (κ2) is 13.7. The lowest BCUT2D eigenvalue weighted by molar-refractivity contribution is -0.137. The Morgan fingerprint density at radius 2 is 1.82 bits per heavy atom. The maximum atomic E-state index is 13.7. The van der Waals surface area contributed by atoms with Gasteiger partial charge >= 0.3 is 12.1 Å². The van der Waals surface area contributed by atoms with Gasteiger partial charge < -0.3 is 19.5 Å². The minimum Gasteiger partial charge on any atom is -0.497 e. The number of methoxy groups -OCH3 is 1. The summed E-state index contributed by atoms with van der Waals surface area (Å²) in [5.41, 5.74) is 1.95. The molecule has 13 heteroatoms. The Balaban J connectivity index is 1.28. The summed E-state index contributed by atoms with van der Waals surface area (Å²) < 4.78 is 52.3. The largest absolute Gasteiger partial charge is 0.497 e. The lowest BCUT2D eigenvalue weighted by Gasteiger charge is -2.35. The van der Waals surface area contributed by atoms with E-state index in [1.165, 1.54) is 19.2 Å². The monoisotopic (exact) mass is 627 g/mol. The van der Waals surface area contributed by atoms with E-state index in [4.69, 9.17) is 9.47 Å². The van der Waals surface area contributed by atoms with Crippen LogP contribution in [0.2, 0.25) is 0 Å². The van der Waals surface area contributed by atoms with Gasteiger partial charge in [0.1, 0.15) is 24.4 Å². The number of aromatic nitrogens is 3. The molecule has 0 radical (unpaired) electrons. The first-order valence-corrected chi connectivity index (χ1v) is 14.9. The van der Waals surface area contributed by atoms with Gasteiger partial charge in [0, 0.05) is 43.2 Å². The summed E-state index contributed by atoms with van der Waals surface area (Å²) in [5, 5.41) is 9.35. The minimum absolute atomic E-state index is 0.0544. The molecule has 2 aromatic heterocycles. The molecule has 1 unspecified atom stereocenters. The number of hydrogen-bond donors (Lipinski definition) is 1. The van der Waals surface area contributed by atoms with Crippen LogP contribution in [-0.2, 0) is 4.79 Å². The molecule has 1 N–H and O–H groups in total. The van der Waals surface area contributed by atoms with Crippen molar-refractivity contribution in [2.45, 2.75) is 51.1 Å². The van der Waals surface area contributed by atoms with Crippen molar-refractivity contribution in [3.63, 3.8) is 0 Å². The van der Waals surface area contributed by atoms with Gasteiger partial charge in [-0.15, -0.1) is 0 Å². The number of aliphatic carboxylic acids is 1. The van der Waals surface area contributed by atoms with Gasteiger partial charge in [0.05, 0.1) is 31.4 Å². The third-order valence-electron chi connectivity index (χ3n) is 8.28. The number of nitrogens with zero attached hydrogens (tertiary/aromatic N) is 5. The van der Waals surface area contributed by atoms with Crippen LogP contribution in [-0.4, -0.2) is 71.5 Å². The zero-order valence-electron chi connectivity index (χ0n) is 25.2. The van der Waals surface area contributed by atoms with E-state index in [0.717, 1.165) is 24.7 Å². The molecule has 0 bridgehead atoms. The predicted molar refractivity (Wildman–Crippen MR) is 160 cm³/mol. The van der Waals surface area contributed by atoms with Crippen LogP contribution in [0.15, 0.2) is 48.9 Å². The number of carbonyl (C=O) groups excluding carboxylic acids is 1. The quantitative estimate of drug-likeness (QED) is 0.271. The van der Waals surface area contributed by atoms with Crippen LogP contribution in [0.3, 0.4) is 0 Å². The molecule has 45 heavy (non-hydrogen) atoms. The van der Waals surface area contributed by atoms with Gasteiger partial charge in [-0.05, 0) is 74.1 Å². The van der Waals surface area contributed by atoms with Gasteiger partial charge in [0.25, 0.3) is 5.91 Å². The maximum Gasteiger partial charge on any atom is 0.406 e. The van der Waals surface area contributed by atoms with Gasteiger partial charge in [-0.25, -0.2) is 15.0 Å². The van der Waals surface area contributed by atoms with E-state index in [9.17, 15) is 27.9 Å². The number of rotatable bonds is 12. The van der Waals surface area contributed by atoms with Crippen LogP contribution < -0.4 is 19.3 Å². The zero-order valence-corrected chi connectivity index (χ0v) is 25.2. The van der Waals surface area contributed by atoms with Crippen molar-refractivity contribution in [1.29, 1.82) is 0 Å². The number of hydrogen-bond acceptors (Lipinski definition) is 8. The molecule has 240 valence electrons. The first kappa shape index (κ1) is 32.0. The van der Waals surface area contributed by atoms with Crippen LogP contribution in [0, 0.1) is 18.8 Å². The molecular weight excluding hydrogens is 591 g/mol. The maximum absolute atomic E-state index is 13.7. The van der Waals surface area contributed by atoms with Crippen molar-refractivity contribution in [2.24, 2.45) is 11.8 Å². The Morgan fingerprint density at radius 3 is 2.47 bits per heavy atom. The van der Waals surface area contributed by atoms with Crippen molar-refractivity contribution in [3.05, 3.63) is 65.7 Å². The summed E-state index contributed by atoms with van der Waals surface area (Å²) in [7, 11) is 1.49. The smallest absolute Gasteiger partial charge is 0.406 e. The summed E-state index contributed by atoms with van der Waals surface area (Å²) in [4.78, 5) is 40.0. The van der Waals surface area contributed by atoms with E-state index in [1.807, 2.05) is 17.0 Å². The number of ether oxygens (including phenoxy) is 2. The molecule has 1 aliphatic heterocycles. The number of pyridine rings is 1. The molecule has 3 heterocycles. The molecule has 5 rings (SSSR count). The average molecular weight is 628 g/mol. The normalized spacial score (nSPS) is 16.2. The molecule has 3 aromatic rings. The van der Waals surface area contributed by atoms with E-state index >= 15 is 0 Å². The lowest BCUT2D eigenvalue weighted by Crippen LogP contribution is -2.41. The van der Waals surface area contributed by atoms with Gasteiger partial charge in [-0.3, -0.25) is 14.5 Å². The summed E-state index contributed by atoms with van der Waals surface area (Å²) in [6.45, 7) is 1.62. The molecule has 1 amide bonds. The number of carbonyl (C=O) groups is 2. The van der Waals surface area contributed by atoms with Gasteiger partial charge in [0.15, 0.2) is 0 Å². The Labute approximate surface area is 259 Å². The van der Waals surface area contributed by atoms with Gasteiger partial charge in [0.2, 0.25) is 5.88 Å². The molecular formula is C32H36F3N5O5. The molecule has 1 aromatic carbocycles. The third kappa shape index (κ3) is 8.40. The van der Waals surface area contributed by atoms with Crippen LogP contribution in [0.4, 0.5) is 24.7 Å². The third-order valence-corrected chi connectivity index (χ3v) is 8.28. The molecule has 1 saturated heterocycles. The fourth-order valence-corrected chi connectivity index (χ4v) is 5.77. The molecule has 2 aliphatic rings. The minimum atomic E-state index is -4.65. The number of halogens is 3. The highest BCUT2D eigenvalue weighted by Gasteiger charge is 2.37. The number of piperidine rings is 1. The summed E-state index contributed by atoms with van der Waals surface area (Å²) >= 11 is 0. The van der Waals surface area contributed by atoms with Crippen molar-refractivity contribution >= 4 is 23.4 Å². The van der Waals surface area contributed by atoms with Crippen molar-refractivity contribution in [1.82, 2.24) is 15.0 Å². The Morgan fingerprint density at radius 1 is 1.07 bits per heavy atom. The van der Waals surface area contributed by atoms with Crippen LogP contribution in [0.5, 0.6) is 11.6 Å². The number of carboxylic acids is 1. The van der Waals surface area contributed by atoms with E-state index in [-0.39, 0.29) is 29.6 Å². The van der Waals surface area contributed by atoms with Crippen LogP contribution in [0.1, 0.15) is 59.6 Å². The van der Waals surface area contributed by atoms with Crippen LogP contribution in [0.25, 0.3) is 0 Å². The second-order valence-corrected chi connectivity index (χ2v) is 11.6. The summed E-state index contributed by atoms with van der Waals surface area (Å²) in [6.07, 6.45) is 1.69. The van der Waals surface area contributed by atoms with Crippen molar-refractivity contribution < 1.29 is 37.3 Å². The SMILES string of the molecule is COc1ccc(C(=O)N(CC(F)(F)F)c2cc(C)ncn2)c(N2CCC(COc3cc(C(CC(=O)O)C4CC4)ccn3)CC2)c1. The Bertz CT molecular complexity index is 1510. The Kier molecular flexibility index (Phi) is 9.74. The highest BCUT2D eigenvalue weighted by molar-refractivity contribution is 6.09. The average Bonchev–Trinajstić information content (AvgIpc) is 3.86. The zero-order chi connectivity index (χ0) is 32.1. The lowest BCUT2D eigenvalue weighted by atomic mass is 9.92. The fourth-order valence-electron chi connectivity index (χ4n) is 5.77. The first-order chi connectivity index (χ1) is 21.5. The number of carboxylic acid groups (broad SMARTS) is 1. The number of benzene rings is 1. The number of anilines is 2. The van der Waals surface area contributed by atoms with E-state index < -0.39 is 24.6 Å². The highest BCUT2D eigenvalue weighted by Crippen LogP contribution is 2.45. The number of aryl methyl sites for hydroxylation is 1. The van der Waals surface area contributed by atoms with Crippen molar-refractivity contribution in [3.8, 4) is 11.6 Å². The topological polar surface area (TPSA) is 118 Å². The van der Waals surface area contributed by atoms with E-state index in [2.05, 4.69) is 15.0 Å². The number of alkyl halides is 3. The molecule has 2 fully saturated rings. The van der Waals surface area contributed by atoms with E-state index in [1.54, 1.807) is 25.3 Å². The van der Waals surface area contributed by atoms with Crippen LogP contribution >= 0.6 is 0 Å². The fraction of sp³-hybridized carbons (Fsp3) is 0.469. The van der Waals surface area contributed by atoms with E-state index in [0.29, 0.717) is 66.4 Å². The molecule has 1 aliphatic carbocycles. The standard InChI is InChI=1S/C32H36F3N5O5/c1-20-13-28(38-19-37-20)40(18-32(33,34)35)31(43)25-6-5-24(44-2)15-27(25)39-11-8-21(9-12-39)17-45-29-14-23(7-10-36-29)26(16-30(41)42)22-3-4-22/h5-7,10,13-15,19,21-22,26H,3-4,8-9,11-12,16-18H2,1-2H3,(H,41,42). The van der Waals surface area contributed by atoms with Gasteiger partial charge in [-0.1, -0.05) is 0 Å². The molecule has 1 atom stereocenters. The molecule has 1 saturated carbocycles. The summed E-state index contributed by atoms with van der Waals surface area (Å²) in [6, 6.07) is 9.75. The van der Waals surface area contributed by atoms with Gasteiger partial charge in [-0.2, -0.15) is 13.2 Å². The second-order valence-electron chi connectivity index (χ2n) is 11.6. The number of amides is 1. The summed E-state index contributed by atoms with van der Waals surface area (Å²) in [5.74, 6) is -0.349. The van der Waals surface area contributed by atoms with Crippen molar-refractivity contribution in [2.75, 3.05) is 43.2 Å². The predicted octanol–water partition coefficient (Wildman–Crippen LogP) is 5.66. The molecule has 10 nitrogen and oxygen atoms in total.